The maximum absolute atomic E-state index is 5.97. The SMILES string of the molecule is CCOC(CC)(CC)C(CC)CC. The number of hydrogen-bond donors (Lipinski definition) is 0. The van der Waals surface area contributed by atoms with Crippen molar-refractivity contribution in [1.29, 1.82) is 0 Å². The fraction of sp³-hybridized carbons (Fsp3) is 1.00. The molecule has 0 aromatic carbocycles. The Balaban J connectivity index is 4.50. The van der Waals surface area contributed by atoms with Crippen LogP contribution in [0.15, 0.2) is 0 Å². The van der Waals surface area contributed by atoms with Crippen LogP contribution in [0, 0.1) is 5.92 Å². The average Bonchev–Trinajstić information content (AvgIpc) is 2.18. The van der Waals surface area contributed by atoms with E-state index in [9.17, 15) is 0 Å². The number of ether oxygens (including phenoxy) is 1. The Morgan fingerprint density at radius 2 is 1.38 bits per heavy atom. The molecule has 0 aromatic heterocycles. The summed E-state index contributed by atoms with van der Waals surface area (Å²) in [6.45, 7) is 12.0. The summed E-state index contributed by atoms with van der Waals surface area (Å²) in [6, 6.07) is 0. The quantitative estimate of drug-likeness (QED) is 0.583. The predicted octanol–water partition coefficient (Wildman–Crippen LogP) is 4.02. The summed E-state index contributed by atoms with van der Waals surface area (Å²) in [5, 5.41) is 0. The van der Waals surface area contributed by atoms with Crippen LogP contribution in [0.5, 0.6) is 0 Å². The first kappa shape index (κ1) is 13.0. The van der Waals surface area contributed by atoms with Crippen molar-refractivity contribution in [2.75, 3.05) is 6.61 Å². The second-order valence-corrected chi connectivity index (χ2v) is 3.72. The lowest BCUT2D eigenvalue weighted by molar-refractivity contribution is -0.0901. The molecule has 0 heterocycles. The standard InChI is InChI=1S/C12H26O/c1-6-11(7-2)12(8-3,9-4)13-10-5/h11H,6-10H2,1-5H3. The highest BCUT2D eigenvalue weighted by molar-refractivity contribution is 4.84. The summed E-state index contributed by atoms with van der Waals surface area (Å²) in [5.74, 6) is 0.724. The maximum Gasteiger partial charge on any atom is 0.0705 e. The molecule has 80 valence electrons. The van der Waals surface area contributed by atoms with Gasteiger partial charge < -0.3 is 4.74 Å². The van der Waals surface area contributed by atoms with Crippen LogP contribution < -0.4 is 0 Å². The van der Waals surface area contributed by atoms with E-state index >= 15 is 0 Å². The third kappa shape index (κ3) is 2.98. The van der Waals surface area contributed by atoms with Crippen molar-refractivity contribution >= 4 is 0 Å². The minimum Gasteiger partial charge on any atom is -0.375 e. The molecule has 0 unspecified atom stereocenters. The molecular formula is C12H26O. The van der Waals surface area contributed by atoms with E-state index in [-0.39, 0.29) is 5.60 Å². The Morgan fingerprint density at radius 1 is 0.923 bits per heavy atom. The molecule has 13 heavy (non-hydrogen) atoms. The van der Waals surface area contributed by atoms with Gasteiger partial charge in [-0.1, -0.05) is 40.5 Å². The zero-order valence-electron chi connectivity index (χ0n) is 10.0. The van der Waals surface area contributed by atoms with E-state index < -0.39 is 0 Å². The minimum atomic E-state index is 0.151. The van der Waals surface area contributed by atoms with Crippen molar-refractivity contribution in [1.82, 2.24) is 0 Å². The molecule has 0 aromatic rings. The lowest BCUT2D eigenvalue weighted by Gasteiger charge is -2.38. The largest absolute Gasteiger partial charge is 0.375 e. The number of rotatable bonds is 7. The van der Waals surface area contributed by atoms with Gasteiger partial charge in [0.2, 0.25) is 0 Å². The zero-order valence-corrected chi connectivity index (χ0v) is 10.0. The van der Waals surface area contributed by atoms with Gasteiger partial charge in [0.1, 0.15) is 0 Å². The van der Waals surface area contributed by atoms with Gasteiger partial charge in [-0.15, -0.1) is 0 Å². The van der Waals surface area contributed by atoms with E-state index in [2.05, 4.69) is 34.6 Å². The molecule has 0 rings (SSSR count). The molecule has 0 fully saturated rings. The highest BCUT2D eigenvalue weighted by Crippen LogP contribution is 2.34. The Morgan fingerprint density at radius 3 is 1.62 bits per heavy atom. The Bertz CT molecular complexity index is 112. The van der Waals surface area contributed by atoms with Gasteiger partial charge >= 0.3 is 0 Å². The second kappa shape index (κ2) is 6.42. The van der Waals surface area contributed by atoms with E-state index in [1.807, 2.05) is 0 Å². The van der Waals surface area contributed by atoms with Gasteiger partial charge in [-0.3, -0.25) is 0 Å². The van der Waals surface area contributed by atoms with Crippen LogP contribution >= 0.6 is 0 Å². The first-order valence-electron chi connectivity index (χ1n) is 5.84. The van der Waals surface area contributed by atoms with E-state index in [1.54, 1.807) is 0 Å². The van der Waals surface area contributed by atoms with E-state index in [0.29, 0.717) is 0 Å². The van der Waals surface area contributed by atoms with Crippen LogP contribution in [-0.2, 0) is 4.74 Å². The van der Waals surface area contributed by atoms with Crippen molar-refractivity contribution in [3.05, 3.63) is 0 Å². The summed E-state index contributed by atoms with van der Waals surface area (Å²) in [7, 11) is 0. The summed E-state index contributed by atoms with van der Waals surface area (Å²) < 4.78 is 5.97. The molecule has 1 heteroatoms. The molecule has 0 saturated heterocycles. The van der Waals surface area contributed by atoms with Crippen LogP contribution in [0.1, 0.15) is 60.3 Å². The van der Waals surface area contributed by atoms with E-state index in [1.165, 1.54) is 12.8 Å². The van der Waals surface area contributed by atoms with Crippen molar-refractivity contribution in [3.8, 4) is 0 Å². The van der Waals surface area contributed by atoms with Crippen LogP contribution in [0.2, 0.25) is 0 Å². The van der Waals surface area contributed by atoms with Gasteiger partial charge in [-0.05, 0) is 25.7 Å². The maximum atomic E-state index is 5.97. The average molecular weight is 186 g/mol. The van der Waals surface area contributed by atoms with Gasteiger partial charge in [0.25, 0.3) is 0 Å². The van der Waals surface area contributed by atoms with Crippen molar-refractivity contribution < 1.29 is 4.74 Å². The Hall–Kier alpha value is -0.0400. The molecule has 0 aliphatic carbocycles. The molecule has 0 saturated carbocycles. The molecular weight excluding hydrogens is 160 g/mol. The highest BCUT2D eigenvalue weighted by Gasteiger charge is 2.33. The molecule has 0 atom stereocenters. The Labute approximate surface area is 83.9 Å². The van der Waals surface area contributed by atoms with E-state index in [4.69, 9.17) is 4.74 Å². The van der Waals surface area contributed by atoms with Gasteiger partial charge in [-0.25, -0.2) is 0 Å². The summed E-state index contributed by atoms with van der Waals surface area (Å²) in [5.41, 5.74) is 0.151. The van der Waals surface area contributed by atoms with Gasteiger partial charge in [0.15, 0.2) is 0 Å². The van der Waals surface area contributed by atoms with E-state index in [0.717, 1.165) is 25.4 Å². The van der Waals surface area contributed by atoms with Crippen LogP contribution in [0.25, 0.3) is 0 Å². The molecule has 0 aliphatic heterocycles. The fourth-order valence-electron chi connectivity index (χ4n) is 2.47. The number of hydrogen-bond acceptors (Lipinski definition) is 1. The lowest BCUT2D eigenvalue weighted by atomic mass is 9.79. The van der Waals surface area contributed by atoms with Gasteiger partial charge in [0, 0.05) is 6.61 Å². The Kier molecular flexibility index (Phi) is 6.40. The molecule has 0 bridgehead atoms. The highest BCUT2D eigenvalue weighted by atomic mass is 16.5. The second-order valence-electron chi connectivity index (χ2n) is 3.72. The normalized spacial score (nSPS) is 12.5. The topological polar surface area (TPSA) is 9.23 Å². The molecule has 0 N–H and O–H groups in total. The molecule has 0 radical (unpaired) electrons. The van der Waals surface area contributed by atoms with Gasteiger partial charge in [-0.2, -0.15) is 0 Å². The molecule has 1 nitrogen and oxygen atoms in total. The minimum absolute atomic E-state index is 0.151. The van der Waals surface area contributed by atoms with Crippen molar-refractivity contribution in [3.63, 3.8) is 0 Å². The van der Waals surface area contributed by atoms with Crippen molar-refractivity contribution in [2.45, 2.75) is 65.9 Å². The smallest absolute Gasteiger partial charge is 0.0705 e. The third-order valence-corrected chi connectivity index (χ3v) is 3.36. The molecule has 0 aliphatic rings. The molecule has 0 amide bonds. The first-order chi connectivity index (χ1) is 6.20. The van der Waals surface area contributed by atoms with Crippen LogP contribution in [-0.4, -0.2) is 12.2 Å². The third-order valence-electron chi connectivity index (χ3n) is 3.36. The van der Waals surface area contributed by atoms with Crippen LogP contribution in [0.3, 0.4) is 0 Å². The zero-order chi connectivity index (χ0) is 10.3. The fourth-order valence-corrected chi connectivity index (χ4v) is 2.47. The lowest BCUT2D eigenvalue weighted by Crippen LogP contribution is -2.39. The summed E-state index contributed by atoms with van der Waals surface area (Å²) >= 11 is 0. The monoisotopic (exact) mass is 186 g/mol. The summed E-state index contributed by atoms with van der Waals surface area (Å²) in [4.78, 5) is 0. The van der Waals surface area contributed by atoms with Crippen molar-refractivity contribution in [2.24, 2.45) is 5.92 Å². The summed E-state index contributed by atoms with van der Waals surface area (Å²) in [6.07, 6.45) is 4.75. The first-order valence-corrected chi connectivity index (χ1v) is 5.84. The van der Waals surface area contributed by atoms with Crippen LogP contribution in [0.4, 0.5) is 0 Å². The van der Waals surface area contributed by atoms with Gasteiger partial charge in [0.05, 0.1) is 5.60 Å². The molecule has 0 spiro atoms. The predicted molar refractivity (Wildman–Crippen MR) is 59.0 cm³/mol.